The van der Waals surface area contributed by atoms with Gasteiger partial charge in [0.1, 0.15) is 6.04 Å². The Balaban J connectivity index is 2.92. The Bertz CT molecular complexity index is 460. The zero-order chi connectivity index (χ0) is 13.7. The van der Waals surface area contributed by atoms with E-state index in [0.717, 1.165) is 0 Å². The molecule has 1 rings (SSSR count). The molecule has 0 fully saturated rings. The van der Waals surface area contributed by atoms with Gasteiger partial charge in [0.2, 0.25) is 5.91 Å². The average molecular weight is 251 g/mol. The number of methoxy groups -OCH3 is 1. The van der Waals surface area contributed by atoms with E-state index in [1.165, 1.54) is 7.11 Å². The highest BCUT2D eigenvalue weighted by Crippen LogP contribution is 2.19. The maximum atomic E-state index is 11.5. The molecule has 1 aromatic carbocycles. The summed E-state index contributed by atoms with van der Waals surface area (Å²) in [7, 11) is 2.85. The summed E-state index contributed by atoms with van der Waals surface area (Å²) in [5.74, 6) is -0.657. The summed E-state index contributed by atoms with van der Waals surface area (Å²) in [6.45, 7) is 1.72. The van der Waals surface area contributed by atoms with E-state index in [9.17, 15) is 9.59 Å². The van der Waals surface area contributed by atoms with E-state index in [1.54, 1.807) is 32.2 Å². The number of carbonyl (C=O) groups excluding carboxylic acids is 2. The van der Waals surface area contributed by atoms with Gasteiger partial charge in [0.25, 0.3) is 0 Å². The summed E-state index contributed by atoms with van der Waals surface area (Å²) in [5.41, 5.74) is 6.90. The predicted octanol–water partition coefficient (Wildman–Crippen LogP) is 0.602. The van der Waals surface area contributed by atoms with Crippen molar-refractivity contribution in [3.05, 3.63) is 23.8 Å². The molecule has 0 heterocycles. The van der Waals surface area contributed by atoms with Crippen molar-refractivity contribution in [2.45, 2.75) is 13.0 Å². The van der Waals surface area contributed by atoms with Gasteiger partial charge in [-0.1, -0.05) is 0 Å². The number of nitrogens with one attached hydrogen (secondary N) is 2. The van der Waals surface area contributed by atoms with Crippen molar-refractivity contribution in [3.8, 4) is 0 Å². The third-order valence-corrected chi connectivity index (χ3v) is 2.48. The molecule has 0 radical (unpaired) electrons. The molecular formula is C12H17N3O3. The molecule has 1 amide bonds. The number of carbonyl (C=O) groups is 2. The normalized spacial score (nSPS) is 11.5. The SMILES string of the molecule is CNC(=O)C(C)Nc1ccc(N)c(C(=O)OC)c1. The van der Waals surface area contributed by atoms with E-state index in [0.29, 0.717) is 11.4 Å². The molecule has 0 saturated heterocycles. The number of hydrogen-bond acceptors (Lipinski definition) is 5. The summed E-state index contributed by atoms with van der Waals surface area (Å²) in [5, 5.41) is 5.49. The van der Waals surface area contributed by atoms with Gasteiger partial charge in [-0.25, -0.2) is 4.79 Å². The lowest BCUT2D eigenvalue weighted by atomic mass is 10.1. The van der Waals surface area contributed by atoms with Gasteiger partial charge < -0.3 is 21.1 Å². The number of rotatable bonds is 4. The van der Waals surface area contributed by atoms with E-state index in [2.05, 4.69) is 15.4 Å². The van der Waals surface area contributed by atoms with E-state index in [4.69, 9.17) is 5.73 Å². The summed E-state index contributed by atoms with van der Waals surface area (Å²) in [4.78, 5) is 22.8. The molecule has 0 spiro atoms. The fraction of sp³-hybridized carbons (Fsp3) is 0.333. The first kappa shape index (κ1) is 13.8. The van der Waals surface area contributed by atoms with E-state index in [-0.39, 0.29) is 11.5 Å². The van der Waals surface area contributed by atoms with Crippen LogP contribution in [0, 0.1) is 0 Å². The minimum atomic E-state index is -0.510. The van der Waals surface area contributed by atoms with Crippen LogP contribution in [0.15, 0.2) is 18.2 Å². The molecule has 0 aromatic heterocycles. The van der Waals surface area contributed by atoms with Gasteiger partial charge in [-0.15, -0.1) is 0 Å². The lowest BCUT2D eigenvalue weighted by molar-refractivity contribution is -0.121. The van der Waals surface area contributed by atoms with Crippen LogP contribution in [0.4, 0.5) is 11.4 Å². The van der Waals surface area contributed by atoms with Crippen molar-refractivity contribution in [2.75, 3.05) is 25.2 Å². The molecule has 18 heavy (non-hydrogen) atoms. The number of amides is 1. The molecule has 1 aromatic rings. The largest absolute Gasteiger partial charge is 0.465 e. The van der Waals surface area contributed by atoms with Crippen LogP contribution < -0.4 is 16.4 Å². The van der Waals surface area contributed by atoms with Gasteiger partial charge in [0.15, 0.2) is 0 Å². The van der Waals surface area contributed by atoms with Gasteiger partial charge in [-0.2, -0.15) is 0 Å². The molecule has 6 heteroatoms. The van der Waals surface area contributed by atoms with E-state index < -0.39 is 12.0 Å². The molecule has 6 nitrogen and oxygen atoms in total. The molecule has 4 N–H and O–H groups in total. The molecule has 1 unspecified atom stereocenters. The summed E-state index contributed by atoms with van der Waals surface area (Å²) < 4.78 is 4.62. The average Bonchev–Trinajstić information content (AvgIpc) is 2.38. The Morgan fingerprint density at radius 3 is 2.61 bits per heavy atom. The Kier molecular flexibility index (Phi) is 4.53. The highest BCUT2D eigenvalue weighted by Gasteiger charge is 2.14. The standard InChI is InChI=1S/C12H17N3O3/c1-7(11(16)14-2)15-8-4-5-10(13)9(6-8)12(17)18-3/h4-7,15H,13H2,1-3H3,(H,14,16). The van der Waals surface area contributed by atoms with Crippen molar-refractivity contribution in [1.29, 1.82) is 0 Å². The predicted molar refractivity (Wildman–Crippen MR) is 69.3 cm³/mol. The Morgan fingerprint density at radius 1 is 1.39 bits per heavy atom. The summed E-state index contributed by atoms with van der Waals surface area (Å²) >= 11 is 0. The number of hydrogen-bond donors (Lipinski definition) is 3. The highest BCUT2D eigenvalue weighted by atomic mass is 16.5. The second-order valence-electron chi connectivity index (χ2n) is 3.77. The van der Waals surface area contributed by atoms with Crippen LogP contribution in [0.1, 0.15) is 17.3 Å². The van der Waals surface area contributed by atoms with Gasteiger partial charge in [-0.05, 0) is 25.1 Å². The first-order valence-corrected chi connectivity index (χ1v) is 5.45. The van der Waals surface area contributed by atoms with E-state index in [1.807, 2.05) is 0 Å². The first-order chi connectivity index (χ1) is 8.49. The second kappa shape index (κ2) is 5.90. The van der Waals surface area contributed by atoms with Crippen LogP contribution in [-0.2, 0) is 9.53 Å². The number of nitrogens with two attached hydrogens (primary N) is 1. The van der Waals surface area contributed by atoms with Gasteiger partial charge >= 0.3 is 5.97 Å². The minimum absolute atomic E-state index is 0.147. The second-order valence-corrected chi connectivity index (χ2v) is 3.77. The summed E-state index contributed by atoms with van der Waals surface area (Å²) in [6, 6.07) is 4.43. The number of esters is 1. The monoisotopic (exact) mass is 251 g/mol. The number of anilines is 2. The molecule has 0 saturated carbocycles. The minimum Gasteiger partial charge on any atom is -0.465 e. The van der Waals surface area contributed by atoms with Crippen molar-refractivity contribution >= 4 is 23.3 Å². The smallest absolute Gasteiger partial charge is 0.340 e. The highest BCUT2D eigenvalue weighted by molar-refractivity contribution is 5.96. The fourth-order valence-corrected chi connectivity index (χ4v) is 1.46. The third-order valence-electron chi connectivity index (χ3n) is 2.48. The lowest BCUT2D eigenvalue weighted by Gasteiger charge is -2.14. The van der Waals surface area contributed by atoms with Gasteiger partial charge in [0.05, 0.1) is 12.7 Å². The van der Waals surface area contributed by atoms with Crippen molar-refractivity contribution < 1.29 is 14.3 Å². The first-order valence-electron chi connectivity index (χ1n) is 5.45. The molecule has 0 aliphatic heterocycles. The van der Waals surface area contributed by atoms with Crippen LogP contribution in [-0.4, -0.2) is 32.1 Å². The van der Waals surface area contributed by atoms with Crippen LogP contribution >= 0.6 is 0 Å². The number of benzene rings is 1. The number of ether oxygens (including phenoxy) is 1. The fourth-order valence-electron chi connectivity index (χ4n) is 1.46. The van der Waals surface area contributed by atoms with E-state index >= 15 is 0 Å². The maximum absolute atomic E-state index is 11.5. The van der Waals surface area contributed by atoms with Crippen LogP contribution in [0.2, 0.25) is 0 Å². The van der Waals surface area contributed by atoms with Crippen molar-refractivity contribution in [1.82, 2.24) is 5.32 Å². The number of nitrogen functional groups attached to an aromatic ring is 1. The molecule has 0 aliphatic rings. The quantitative estimate of drug-likeness (QED) is 0.538. The maximum Gasteiger partial charge on any atom is 0.340 e. The van der Waals surface area contributed by atoms with Crippen LogP contribution in [0.5, 0.6) is 0 Å². The van der Waals surface area contributed by atoms with Crippen molar-refractivity contribution in [3.63, 3.8) is 0 Å². The van der Waals surface area contributed by atoms with Crippen LogP contribution in [0.3, 0.4) is 0 Å². The Labute approximate surface area is 105 Å². The zero-order valence-corrected chi connectivity index (χ0v) is 10.6. The molecule has 0 aliphatic carbocycles. The molecule has 98 valence electrons. The molecule has 1 atom stereocenters. The van der Waals surface area contributed by atoms with Crippen molar-refractivity contribution in [2.24, 2.45) is 0 Å². The summed E-state index contributed by atoms with van der Waals surface area (Å²) in [6.07, 6.45) is 0. The Morgan fingerprint density at radius 2 is 2.06 bits per heavy atom. The lowest BCUT2D eigenvalue weighted by Crippen LogP contribution is -2.35. The topological polar surface area (TPSA) is 93.5 Å². The number of likely N-dealkylation sites (N-methyl/N-ethyl adjacent to an activating group) is 1. The molecule has 0 bridgehead atoms. The molecular weight excluding hydrogens is 234 g/mol. The van der Waals surface area contributed by atoms with Gasteiger partial charge in [-0.3, -0.25) is 4.79 Å². The van der Waals surface area contributed by atoms with Gasteiger partial charge in [0, 0.05) is 18.4 Å². The van der Waals surface area contributed by atoms with Crippen LogP contribution in [0.25, 0.3) is 0 Å². The third kappa shape index (κ3) is 3.13. The Hall–Kier alpha value is -2.24. The zero-order valence-electron chi connectivity index (χ0n) is 10.6.